The van der Waals surface area contributed by atoms with Gasteiger partial charge in [-0.3, -0.25) is 4.57 Å². The molecule has 1 aromatic heterocycles. The summed E-state index contributed by atoms with van der Waals surface area (Å²) in [6.45, 7) is 8.23. The lowest BCUT2D eigenvalue weighted by Gasteiger charge is -2.49. The minimum Gasteiger partial charge on any atom is -0.426 e. The van der Waals surface area contributed by atoms with Crippen LogP contribution >= 0.6 is 0 Å². The number of nitrogen functional groups attached to an aromatic ring is 1. The average Bonchev–Trinajstić information content (AvgIpc) is 3.09. The van der Waals surface area contributed by atoms with Crippen LogP contribution in [0, 0.1) is 16.7 Å². The molecule has 3 rings (SSSR count). The van der Waals surface area contributed by atoms with Crippen LogP contribution < -0.4 is 11.1 Å². The predicted octanol–water partition coefficient (Wildman–Crippen LogP) is 1.33. The normalized spacial score (nSPS) is 27.9. The van der Waals surface area contributed by atoms with Crippen molar-refractivity contribution >= 4 is 34.3 Å². The molecule has 2 heterocycles. The van der Waals surface area contributed by atoms with E-state index in [1.807, 2.05) is 29.8 Å². The highest BCUT2D eigenvalue weighted by molar-refractivity contribution is 5.98. The zero-order chi connectivity index (χ0) is 22.5. The first-order valence-corrected chi connectivity index (χ1v) is 11.1. The van der Waals surface area contributed by atoms with Crippen molar-refractivity contribution in [3.8, 4) is 0 Å². The maximum Gasteiger partial charge on any atom is 0.203 e. The predicted molar refractivity (Wildman–Crippen MR) is 121 cm³/mol. The summed E-state index contributed by atoms with van der Waals surface area (Å²) >= 11 is 0. The number of nitrogens with two attached hydrogens (primary N) is 1. The molecule has 0 aromatic carbocycles. The molecule has 2 aliphatic rings. The molecule has 10 heteroatoms. The van der Waals surface area contributed by atoms with Crippen molar-refractivity contribution in [3.05, 3.63) is 11.9 Å². The number of nitrogens with one attached hydrogen (secondary N) is 1. The van der Waals surface area contributed by atoms with Crippen molar-refractivity contribution in [2.45, 2.75) is 52.4 Å². The zero-order valence-electron chi connectivity index (χ0n) is 19.0. The second kappa shape index (κ2) is 7.65. The summed E-state index contributed by atoms with van der Waals surface area (Å²) in [7, 11) is 4.44. The molecule has 1 fully saturated rings. The lowest BCUT2D eigenvalue weighted by Crippen LogP contribution is -2.52. The SMILES string of the molecule is CN(C)C=C1NC=Nc2c1nc(N)n2[C@]1(CO[SiH3])CC[C@@H](C(C)(C)C(O)F)C1(C)C. The topological polar surface area (TPSA) is 101 Å². The lowest BCUT2D eigenvalue weighted by atomic mass is 9.61. The van der Waals surface area contributed by atoms with E-state index in [2.05, 4.69) is 29.1 Å². The fourth-order valence-electron chi connectivity index (χ4n) is 5.56. The monoisotopic (exact) mass is 438 g/mol. The number of aliphatic hydroxyl groups is 1. The lowest BCUT2D eigenvalue weighted by molar-refractivity contribution is -0.117. The average molecular weight is 439 g/mol. The van der Waals surface area contributed by atoms with E-state index in [0.717, 1.165) is 18.5 Å². The number of aliphatic imine (C=N–C) groups is 1. The van der Waals surface area contributed by atoms with E-state index in [1.54, 1.807) is 20.2 Å². The Labute approximate surface area is 180 Å². The zero-order valence-corrected chi connectivity index (χ0v) is 21.0. The van der Waals surface area contributed by atoms with Gasteiger partial charge in [0.05, 0.1) is 24.2 Å². The Kier molecular flexibility index (Phi) is 5.81. The molecule has 1 unspecified atom stereocenters. The van der Waals surface area contributed by atoms with Gasteiger partial charge >= 0.3 is 0 Å². The van der Waals surface area contributed by atoms with Crippen LogP contribution in [0.4, 0.5) is 16.2 Å². The van der Waals surface area contributed by atoms with Gasteiger partial charge in [-0.2, -0.15) is 0 Å². The second-order valence-electron chi connectivity index (χ2n) is 9.82. The minimum absolute atomic E-state index is 0.0956. The number of nitrogens with zero attached hydrogens (tertiary/aromatic N) is 4. The molecule has 168 valence electrons. The standard InChI is InChI=1S/C20H35FN6O2Si/c1-18(2,16(21)28)13-7-8-20(10-29-30,19(13,3)4)27-15-14(25-17(27)22)12(9-26(5)6)23-11-24-15/h9,11,13,16,28H,7-8,10H2,1-6,30H3,(H2,22,25)(H,23,24)/t13-,16?,20-/m0/s1. The summed E-state index contributed by atoms with van der Waals surface area (Å²) < 4.78 is 22.0. The number of alkyl halides is 1. The molecule has 30 heavy (non-hydrogen) atoms. The van der Waals surface area contributed by atoms with Crippen LogP contribution in [0.3, 0.4) is 0 Å². The first-order chi connectivity index (χ1) is 13.9. The highest BCUT2D eigenvalue weighted by Crippen LogP contribution is 2.62. The van der Waals surface area contributed by atoms with Gasteiger partial charge in [-0.1, -0.05) is 27.7 Å². The number of anilines is 1. The van der Waals surface area contributed by atoms with Crippen LogP contribution in [-0.2, 0) is 9.96 Å². The van der Waals surface area contributed by atoms with Gasteiger partial charge in [0.1, 0.15) is 16.2 Å². The Morgan fingerprint density at radius 3 is 2.77 bits per heavy atom. The van der Waals surface area contributed by atoms with Gasteiger partial charge in [-0.05, 0) is 24.2 Å². The summed E-state index contributed by atoms with van der Waals surface area (Å²) in [6.07, 6.45) is 3.12. The summed E-state index contributed by atoms with van der Waals surface area (Å²) in [6, 6.07) is 0. The first-order valence-electron chi connectivity index (χ1n) is 10.3. The van der Waals surface area contributed by atoms with E-state index >= 15 is 0 Å². The second-order valence-corrected chi connectivity index (χ2v) is 10.4. The van der Waals surface area contributed by atoms with Gasteiger partial charge in [0.25, 0.3) is 0 Å². The van der Waals surface area contributed by atoms with E-state index in [1.165, 1.54) is 0 Å². The summed E-state index contributed by atoms with van der Waals surface area (Å²) in [5.41, 5.74) is 6.06. The molecule has 4 N–H and O–H groups in total. The molecule has 0 radical (unpaired) electrons. The summed E-state index contributed by atoms with van der Waals surface area (Å²) in [4.78, 5) is 11.2. The molecule has 1 aliphatic carbocycles. The van der Waals surface area contributed by atoms with Crippen LogP contribution in [0.5, 0.6) is 0 Å². The fourth-order valence-corrected chi connectivity index (χ4v) is 6.04. The molecule has 0 amide bonds. The van der Waals surface area contributed by atoms with Crippen LogP contribution in [0.25, 0.3) is 5.70 Å². The van der Waals surface area contributed by atoms with Crippen molar-refractivity contribution in [2.75, 3.05) is 26.4 Å². The van der Waals surface area contributed by atoms with E-state index < -0.39 is 22.7 Å². The van der Waals surface area contributed by atoms with Crippen LogP contribution in [-0.4, -0.2) is 63.4 Å². The van der Waals surface area contributed by atoms with Crippen LogP contribution in [0.1, 0.15) is 46.2 Å². The third-order valence-corrected chi connectivity index (χ3v) is 7.46. The number of hydrogen-bond acceptors (Lipinski definition) is 7. The first kappa shape index (κ1) is 22.8. The maximum atomic E-state index is 14.2. The quantitative estimate of drug-likeness (QED) is 0.580. The molecule has 8 nitrogen and oxygen atoms in total. The number of halogens is 1. The molecule has 3 atom stereocenters. The number of imidazole rings is 1. The van der Waals surface area contributed by atoms with Crippen molar-refractivity contribution in [2.24, 2.45) is 21.7 Å². The number of hydrogen-bond donors (Lipinski definition) is 3. The molecule has 1 saturated carbocycles. The number of aliphatic hydroxyl groups excluding tert-OH is 1. The molecule has 0 spiro atoms. The summed E-state index contributed by atoms with van der Waals surface area (Å²) in [5, 5.41) is 13.0. The molecular formula is C20H35FN6O2Si. The third-order valence-electron chi connectivity index (χ3n) is 7.17. The molecule has 0 saturated heterocycles. The highest BCUT2D eigenvalue weighted by Gasteiger charge is 2.62. The van der Waals surface area contributed by atoms with Gasteiger partial charge in [-0.25, -0.2) is 14.4 Å². The van der Waals surface area contributed by atoms with E-state index in [4.69, 9.17) is 10.2 Å². The van der Waals surface area contributed by atoms with Crippen molar-refractivity contribution < 1.29 is 13.9 Å². The Morgan fingerprint density at radius 2 is 2.20 bits per heavy atom. The molecular weight excluding hydrogens is 403 g/mol. The van der Waals surface area contributed by atoms with Crippen molar-refractivity contribution in [1.29, 1.82) is 0 Å². The molecule has 1 aromatic rings. The Morgan fingerprint density at radius 1 is 1.53 bits per heavy atom. The van der Waals surface area contributed by atoms with Gasteiger partial charge in [0, 0.05) is 25.7 Å². The number of aromatic nitrogens is 2. The molecule has 0 bridgehead atoms. The molecule has 1 aliphatic heterocycles. The van der Waals surface area contributed by atoms with Gasteiger partial charge < -0.3 is 25.5 Å². The van der Waals surface area contributed by atoms with E-state index in [9.17, 15) is 9.50 Å². The van der Waals surface area contributed by atoms with Crippen LogP contribution in [0.2, 0.25) is 0 Å². The van der Waals surface area contributed by atoms with E-state index in [0.29, 0.717) is 34.6 Å². The number of fused-ring (bicyclic) bond motifs is 1. The number of rotatable bonds is 6. The Bertz CT molecular complexity index is 864. The Hall–Kier alpha value is -1.91. The Balaban J connectivity index is 2.20. The highest BCUT2D eigenvalue weighted by atomic mass is 28.2. The van der Waals surface area contributed by atoms with Crippen molar-refractivity contribution in [3.63, 3.8) is 0 Å². The van der Waals surface area contributed by atoms with Crippen molar-refractivity contribution in [1.82, 2.24) is 19.8 Å². The summed E-state index contributed by atoms with van der Waals surface area (Å²) in [5.74, 6) is 0.934. The smallest absolute Gasteiger partial charge is 0.203 e. The van der Waals surface area contributed by atoms with Gasteiger partial charge in [-0.15, -0.1) is 0 Å². The minimum atomic E-state index is -1.92. The largest absolute Gasteiger partial charge is 0.426 e. The van der Waals surface area contributed by atoms with E-state index in [-0.39, 0.29) is 5.92 Å². The van der Waals surface area contributed by atoms with Crippen LogP contribution in [0.15, 0.2) is 11.2 Å². The van der Waals surface area contributed by atoms with Gasteiger partial charge in [0.2, 0.25) is 12.3 Å². The fraction of sp³-hybridized carbons (Fsp3) is 0.700. The third kappa shape index (κ3) is 3.25. The maximum absolute atomic E-state index is 14.2. The van der Waals surface area contributed by atoms with Gasteiger partial charge in [0.15, 0.2) is 5.82 Å².